The number of halogens is 1. The summed E-state index contributed by atoms with van der Waals surface area (Å²) in [6.07, 6.45) is 4.04. The number of carbonyl (C=O) groups is 3. The lowest BCUT2D eigenvalue weighted by Gasteiger charge is -2.32. The van der Waals surface area contributed by atoms with Crippen LogP contribution in [0.4, 0.5) is 0 Å². The second-order valence-corrected chi connectivity index (χ2v) is 13.4. The molecular formula is C34H49ClN2O4. The van der Waals surface area contributed by atoms with Crippen LogP contribution in [0.15, 0.2) is 48.5 Å². The van der Waals surface area contributed by atoms with Crippen molar-refractivity contribution in [3.63, 3.8) is 0 Å². The SMILES string of the molecule is CCCC[C@@H](C[C@@H](CCc1ccc(-c2ccc(Cl)cc2)cc1)C(=O)N[C@H](C(=O)NC)C(C)(C)C)C(=O)OC(C)(C)C. The molecule has 0 aliphatic heterocycles. The number of unbranched alkanes of at least 4 members (excludes halogenated alkanes) is 1. The second-order valence-electron chi connectivity index (χ2n) is 13.0. The molecule has 0 bridgehead atoms. The molecule has 0 fully saturated rings. The van der Waals surface area contributed by atoms with Crippen LogP contribution in [0.5, 0.6) is 0 Å². The molecule has 6 nitrogen and oxygen atoms in total. The molecular weight excluding hydrogens is 536 g/mol. The highest BCUT2D eigenvalue weighted by atomic mass is 35.5. The van der Waals surface area contributed by atoms with Crippen LogP contribution < -0.4 is 10.6 Å². The van der Waals surface area contributed by atoms with E-state index in [0.717, 1.165) is 29.5 Å². The first kappa shape index (κ1) is 34.3. The Morgan fingerprint density at radius 2 is 1.39 bits per heavy atom. The average molecular weight is 585 g/mol. The van der Waals surface area contributed by atoms with Crippen molar-refractivity contribution in [2.45, 2.75) is 98.6 Å². The molecule has 2 aromatic rings. The molecule has 2 rings (SSSR count). The highest BCUT2D eigenvalue weighted by molar-refractivity contribution is 6.30. The zero-order valence-electron chi connectivity index (χ0n) is 26.1. The van der Waals surface area contributed by atoms with Crippen molar-refractivity contribution >= 4 is 29.4 Å². The predicted molar refractivity (Wildman–Crippen MR) is 168 cm³/mol. The van der Waals surface area contributed by atoms with Gasteiger partial charge in [0, 0.05) is 18.0 Å². The maximum absolute atomic E-state index is 13.8. The number of ether oxygens (including phenoxy) is 1. The average Bonchev–Trinajstić information content (AvgIpc) is 2.90. The summed E-state index contributed by atoms with van der Waals surface area (Å²) in [5.74, 6) is -1.58. The first-order valence-corrected chi connectivity index (χ1v) is 15.1. The summed E-state index contributed by atoms with van der Waals surface area (Å²) < 4.78 is 5.75. The molecule has 3 atom stereocenters. The van der Waals surface area contributed by atoms with Crippen molar-refractivity contribution < 1.29 is 19.1 Å². The van der Waals surface area contributed by atoms with Crippen molar-refractivity contribution in [3.8, 4) is 11.1 Å². The second kappa shape index (κ2) is 15.4. The van der Waals surface area contributed by atoms with E-state index in [1.54, 1.807) is 7.05 Å². The van der Waals surface area contributed by atoms with Gasteiger partial charge < -0.3 is 15.4 Å². The summed E-state index contributed by atoms with van der Waals surface area (Å²) in [6.45, 7) is 13.4. The Labute approximate surface area is 252 Å². The molecule has 2 amide bonds. The zero-order chi connectivity index (χ0) is 30.8. The van der Waals surface area contributed by atoms with Crippen molar-refractivity contribution in [2.24, 2.45) is 17.3 Å². The number of amides is 2. The van der Waals surface area contributed by atoms with Crippen LogP contribution in [-0.4, -0.2) is 36.5 Å². The minimum atomic E-state index is -0.697. The van der Waals surface area contributed by atoms with Crippen LogP contribution in [0.3, 0.4) is 0 Å². The van der Waals surface area contributed by atoms with Crippen molar-refractivity contribution in [1.29, 1.82) is 0 Å². The van der Waals surface area contributed by atoms with E-state index in [2.05, 4.69) is 41.8 Å². The van der Waals surface area contributed by atoms with E-state index in [4.69, 9.17) is 16.3 Å². The molecule has 0 saturated carbocycles. The molecule has 0 radical (unpaired) electrons. The minimum Gasteiger partial charge on any atom is -0.460 e. The summed E-state index contributed by atoms with van der Waals surface area (Å²) in [5.41, 5.74) is 2.17. The van der Waals surface area contributed by atoms with Crippen molar-refractivity contribution in [1.82, 2.24) is 10.6 Å². The zero-order valence-corrected chi connectivity index (χ0v) is 26.9. The lowest BCUT2D eigenvalue weighted by Crippen LogP contribution is -2.54. The number of rotatable bonds is 13. The lowest BCUT2D eigenvalue weighted by atomic mass is 9.83. The molecule has 0 aromatic heterocycles. The van der Waals surface area contributed by atoms with Gasteiger partial charge >= 0.3 is 5.97 Å². The fourth-order valence-corrected chi connectivity index (χ4v) is 4.92. The van der Waals surface area contributed by atoms with E-state index in [0.29, 0.717) is 30.7 Å². The summed E-state index contributed by atoms with van der Waals surface area (Å²) in [4.78, 5) is 39.7. The molecule has 0 aliphatic rings. The van der Waals surface area contributed by atoms with Crippen LogP contribution in [0.2, 0.25) is 5.02 Å². The van der Waals surface area contributed by atoms with Crippen LogP contribution in [-0.2, 0) is 25.5 Å². The summed E-state index contributed by atoms with van der Waals surface area (Å²) in [6, 6.07) is 15.3. The van der Waals surface area contributed by atoms with Crippen LogP contribution in [0.25, 0.3) is 11.1 Å². The molecule has 41 heavy (non-hydrogen) atoms. The van der Waals surface area contributed by atoms with Crippen LogP contribution in [0, 0.1) is 17.3 Å². The third-order valence-electron chi connectivity index (χ3n) is 7.16. The van der Waals surface area contributed by atoms with E-state index >= 15 is 0 Å². The minimum absolute atomic E-state index is 0.212. The van der Waals surface area contributed by atoms with E-state index in [1.807, 2.05) is 65.8 Å². The van der Waals surface area contributed by atoms with Gasteiger partial charge in [-0.3, -0.25) is 14.4 Å². The molecule has 0 heterocycles. The van der Waals surface area contributed by atoms with Crippen molar-refractivity contribution in [2.75, 3.05) is 7.05 Å². The van der Waals surface area contributed by atoms with Gasteiger partial charge in [0.25, 0.3) is 0 Å². The van der Waals surface area contributed by atoms with Gasteiger partial charge in [0.2, 0.25) is 11.8 Å². The molecule has 0 saturated heterocycles. The summed E-state index contributed by atoms with van der Waals surface area (Å²) >= 11 is 6.03. The number of benzene rings is 2. The van der Waals surface area contributed by atoms with E-state index < -0.39 is 28.9 Å². The topological polar surface area (TPSA) is 84.5 Å². The first-order valence-electron chi connectivity index (χ1n) is 14.7. The fraction of sp³-hybridized carbons (Fsp3) is 0.559. The first-order chi connectivity index (χ1) is 19.1. The number of aryl methyl sites for hydroxylation is 1. The molecule has 0 unspecified atom stereocenters. The smallest absolute Gasteiger partial charge is 0.309 e. The molecule has 7 heteroatoms. The number of carbonyl (C=O) groups excluding carboxylic acids is 3. The number of esters is 1. The van der Waals surface area contributed by atoms with Gasteiger partial charge in [-0.1, -0.05) is 88.5 Å². The van der Waals surface area contributed by atoms with Crippen LogP contribution in [0.1, 0.15) is 86.1 Å². The lowest BCUT2D eigenvalue weighted by molar-refractivity contribution is -0.161. The van der Waals surface area contributed by atoms with E-state index in [9.17, 15) is 14.4 Å². The van der Waals surface area contributed by atoms with Crippen LogP contribution >= 0.6 is 11.6 Å². The Bertz CT molecular complexity index is 1130. The Kier molecular flexibility index (Phi) is 12.9. The fourth-order valence-electron chi connectivity index (χ4n) is 4.79. The number of hydrogen-bond acceptors (Lipinski definition) is 4. The normalized spacial score (nSPS) is 14.1. The number of nitrogens with one attached hydrogen (secondary N) is 2. The Morgan fingerprint density at radius 1 is 0.829 bits per heavy atom. The molecule has 0 aliphatic carbocycles. The molecule has 226 valence electrons. The molecule has 2 N–H and O–H groups in total. The summed E-state index contributed by atoms with van der Waals surface area (Å²) in [7, 11) is 1.57. The Balaban J connectivity index is 2.29. The standard InChI is InChI=1S/C34H49ClN2O4/c1-9-10-11-27(32(40)41-34(5,6)7)22-26(30(38)37-29(31(39)36-8)33(2,3)4)17-14-23-12-15-24(16-13-23)25-18-20-28(35)21-19-25/h12-13,15-16,18-21,26-27,29H,9-11,14,17,22H2,1-8H3,(H,36,39)(H,37,38)/t26-,27+,29-/m1/s1. The highest BCUT2D eigenvalue weighted by Crippen LogP contribution is 2.28. The van der Waals surface area contributed by atoms with Gasteiger partial charge in [-0.15, -0.1) is 0 Å². The van der Waals surface area contributed by atoms with E-state index in [1.165, 1.54) is 0 Å². The van der Waals surface area contributed by atoms with Crippen molar-refractivity contribution in [3.05, 3.63) is 59.1 Å². The van der Waals surface area contributed by atoms with Gasteiger partial charge in [-0.2, -0.15) is 0 Å². The quantitative estimate of drug-likeness (QED) is 0.241. The monoisotopic (exact) mass is 584 g/mol. The van der Waals surface area contributed by atoms with Gasteiger partial charge in [-0.05, 0) is 80.7 Å². The van der Waals surface area contributed by atoms with Gasteiger partial charge in [0.15, 0.2) is 0 Å². The maximum atomic E-state index is 13.8. The number of hydrogen-bond donors (Lipinski definition) is 2. The maximum Gasteiger partial charge on any atom is 0.309 e. The van der Waals surface area contributed by atoms with Gasteiger partial charge in [0.1, 0.15) is 11.6 Å². The highest BCUT2D eigenvalue weighted by Gasteiger charge is 2.36. The largest absolute Gasteiger partial charge is 0.460 e. The van der Waals surface area contributed by atoms with E-state index in [-0.39, 0.29) is 17.8 Å². The molecule has 0 spiro atoms. The third kappa shape index (κ3) is 11.5. The molecule has 2 aromatic carbocycles. The Hall–Kier alpha value is -2.86. The van der Waals surface area contributed by atoms with Gasteiger partial charge in [0.05, 0.1) is 5.92 Å². The van der Waals surface area contributed by atoms with Gasteiger partial charge in [-0.25, -0.2) is 0 Å². The number of likely N-dealkylation sites (N-methyl/N-ethyl adjacent to an activating group) is 1. The summed E-state index contributed by atoms with van der Waals surface area (Å²) in [5, 5.41) is 6.38. The Morgan fingerprint density at radius 3 is 1.88 bits per heavy atom. The predicted octanol–water partition coefficient (Wildman–Crippen LogP) is 7.37. The third-order valence-corrected chi connectivity index (χ3v) is 7.41.